The lowest BCUT2D eigenvalue weighted by atomic mass is 9.67. The van der Waals surface area contributed by atoms with E-state index < -0.39 is 0 Å². The Kier molecular flexibility index (Phi) is 7.52. The number of methoxy groups -OCH3 is 1. The average molecular weight is 353 g/mol. The van der Waals surface area contributed by atoms with Crippen LogP contribution in [-0.2, 0) is 4.74 Å². The second kappa shape index (κ2) is 9.39. The highest BCUT2D eigenvalue weighted by atomic mass is 32.1. The maximum absolute atomic E-state index is 5.28. The molecule has 5 nitrogen and oxygen atoms in total. The van der Waals surface area contributed by atoms with E-state index in [1.165, 1.54) is 24.1 Å². The van der Waals surface area contributed by atoms with Crippen LogP contribution in [0.3, 0.4) is 0 Å². The first kappa shape index (κ1) is 19.2. The van der Waals surface area contributed by atoms with Gasteiger partial charge in [0.05, 0.1) is 6.04 Å². The van der Waals surface area contributed by atoms with Crippen LogP contribution in [0.15, 0.2) is 22.5 Å². The summed E-state index contributed by atoms with van der Waals surface area (Å²) in [7, 11) is 7.87. The molecule has 1 saturated carbocycles. The van der Waals surface area contributed by atoms with Crippen molar-refractivity contribution in [3.63, 3.8) is 0 Å². The summed E-state index contributed by atoms with van der Waals surface area (Å²) in [6.45, 7) is 2.66. The van der Waals surface area contributed by atoms with Gasteiger partial charge in [-0.1, -0.05) is 12.5 Å². The number of guanidine groups is 1. The Hall–Kier alpha value is -1.11. The van der Waals surface area contributed by atoms with E-state index in [2.05, 4.69) is 52.1 Å². The third kappa shape index (κ3) is 5.19. The lowest BCUT2D eigenvalue weighted by Gasteiger charge is -2.42. The first-order valence-electron chi connectivity index (χ1n) is 8.73. The van der Waals surface area contributed by atoms with Gasteiger partial charge in [0.25, 0.3) is 0 Å². The fraction of sp³-hybridized carbons (Fsp3) is 0.722. The molecule has 136 valence electrons. The number of hydrogen-bond acceptors (Lipinski definition) is 4. The molecule has 1 aliphatic carbocycles. The van der Waals surface area contributed by atoms with Crippen molar-refractivity contribution in [3.05, 3.63) is 22.4 Å². The van der Waals surface area contributed by atoms with Crippen LogP contribution >= 0.6 is 11.3 Å². The monoisotopic (exact) mass is 352 g/mol. The second-order valence-corrected chi connectivity index (χ2v) is 7.88. The van der Waals surface area contributed by atoms with Crippen molar-refractivity contribution in [3.8, 4) is 0 Å². The van der Waals surface area contributed by atoms with E-state index in [4.69, 9.17) is 4.74 Å². The average Bonchev–Trinajstić information content (AvgIpc) is 3.05. The van der Waals surface area contributed by atoms with Crippen LogP contribution in [-0.4, -0.2) is 58.8 Å². The lowest BCUT2D eigenvalue weighted by molar-refractivity contribution is 0.0732. The summed E-state index contributed by atoms with van der Waals surface area (Å²) in [6.07, 6.45) is 5.03. The molecule has 0 aliphatic heterocycles. The molecule has 6 heteroatoms. The van der Waals surface area contributed by atoms with Crippen molar-refractivity contribution in [1.29, 1.82) is 0 Å². The van der Waals surface area contributed by atoms with Gasteiger partial charge >= 0.3 is 0 Å². The molecule has 1 atom stereocenters. The van der Waals surface area contributed by atoms with E-state index in [0.717, 1.165) is 32.1 Å². The van der Waals surface area contributed by atoms with Crippen molar-refractivity contribution in [2.75, 3.05) is 47.9 Å². The summed E-state index contributed by atoms with van der Waals surface area (Å²) < 4.78 is 5.28. The molecule has 0 bridgehead atoms. The summed E-state index contributed by atoms with van der Waals surface area (Å²) >= 11 is 1.80. The highest BCUT2D eigenvalue weighted by Crippen LogP contribution is 2.43. The summed E-state index contributed by atoms with van der Waals surface area (Å²) in [5, 5.41) is 9.15. The number of ether oxygens (including phenoxy) is 1. The Balaban J connectivity index is 1.83. The molecular weight excluding hydrogens is 320 g/mol. The summed E-state index contributed by atoms with van der Waals surface area (Å²) in [5.74, 6) is 0.891. The Morgan fingerprint density at radius 3 is 2.71 bits per heavy atom. The molecule has 1 aliphatic rings. The number of thiophene rings is 1. The van der Waals surface area contributed by atoms with Crippen molar-refractivity contribution in [2.24, 2.45) is 10.4 Å². The van der Waals surface area contributed by atoms with Crippen LogP contribution in [0.1, 0.15) is 36.6 Å². The van der Waals surface area contributed by atoms with Gasteiger partial charge in [-0.2, -0.15) is 0 Å². The highest BCUT2D eigenvalue weighted by molar-refractivity contribution is 7.10. The predicted octanol–water partition coefficient (Wildman–Crippen LogP) is 2.72. The maximum Gasteiger partial charge on any atom is 0.191 e. The van der Waals surface area contributed by atoms with Gasteiger partial charge in [-0.3, -0.25) is 4.99 Å². The molecule has 1 heterocycles. The van der Waals surface area contributed by atoms with Crippen LogP contribution < -0.4 is 10.6 Å². The molecule has 2 rings (SSSR count). The summed E-state index contributed by atoms with van der Waals surface area (Å²) in [5.41, 5.74) is 0.391. The zero-order valence-electron chi connectivity index (χ0n) is 15.5. The minimum Gasteiger partial charge on any atom is -0.385 e. The SMILES string of the molecule is CN=C(NCC(c1cccs1)N(C)C)NCC1(CCOC)CCC1. The largest absolute Gasteiger partial charge is 0.385 e. The first-order valence-corrected chi connectivity index (χ1v) is 9.61. The topological polar surface area (TPSA) is 48.9 Å². The minimum absolute atomic E-state index is 0.356. The van der Waals surface area contributed by atoms with Crippen LogP contribution in [0.2, 0.25) is 0 Å². The van der Waals surface area contributed by atoms with Crippen LogP contribution in [0.5, 0.6) is 0 Å². The smallest absolute Gasteiger partial charge is 0.191 e. The fourth-order valence-corrected chi connectivity index (χ4v) is 4.14. The zero-order chi connectivity index (χ0) is 17.4. The van der Waals surface area contributed by atoms with E-state index in [1.54, 1.807) is 18.4 Å². The van der Waals surface area contributed by atoms with Gasteiger partial charge in [0, 0.05) is 38.7 Å². The molecule has 0 amide bonds. The van der Waals surface area contributed by atoms with E-state index >= 15 is 0 Å². The number of likely N-dealkylation sites (N-methyl/N-ethyl adjacent to an activating group) is 1. The van der Waals surface area contributed by atoms with Crippen molar-refractivity contribution >= 4 is 17.3 Å². The molecule has 1 aromatic rings. The molecule has 0 aromatic carbocycles. The molecule has 2 N–H and O–H groups in total. The Morgan fingerprint density at radius 2 is 2.21 bits per heavy atom. The van der Waals surface area contributed by atoms with Gasteiger partial charge in [0.15, 0.2) is 5.96 Å². The van der Waals surface area contributed by atoms with E-state index in [0.29, 0.717) is 11.5 Å². The molecule has 1 aromatic heterocycles. The van der Waals surface area contributed by atoms with Crippen molar-refractivity contribution in [1.82, 2.24) is 15.5 Å². The van der Waals surface area contributed by atoms with Gasteiger partial charge in [0.2, 0.25) is 0 Å². The summed E-state index contributed by atoms with van der Waals surface area (Å²) in [4.78, 5) is 8.01. The highest BCUT2D eigenvalue weighted by Gasteiger charge is 2.36. The summed E-state index contributed by atoms with van der Waals surface area (Å²) in [6, 6.07) is 4.66. The number of hydrogen-bond donors (Lipinski definition) is 2. The van der Waals surface area contributed by atoms with Crippen LogP contribution in [0, 0.1) is 5.41 Å². The first-order chi connectivity index (χ1) is 11.6. The minimum atomic E-state index is 0.356. The van der Waals surface area contributed by atoms with Gasteiger partial charge in [-0.15, -0.1) is 11.3 Å². The molecule has 1 unspecified atom stereocenters. The van der Waals surface area contributed by atoms with Crippen LogP contribution in [0.25, 0.3) is 0 Å². The Labute approximate surface area is 150 Å². The molecule has 0 spiro atoms. The third-order valence-corrected chi connectivity index (χ3v) is 6.04. The van der Waals surface area contributed by atoms with E-state index in [1.807, 2.05) is 7.05 Å². The predicted molar refractivity (Wildman–Crippen MR) is 103 cm³/mol. The number of nitrogens with zero attached hydrogens (tertiary/aromatic N) is 2. The number of rotatable bonds is 9. The Bertz CT molecular complexity index is 497. The fourth-order valence-electron chi connectivity index (χ4n) is 3.21. The molecule has 0 saturated heterocycles. The van der Waals surface area contributed by atoms with Gasteiger partial charge in [-0.05, 0) is 50.2 Å². The Morgan fingerprint density at radius 1 is 1.42 bits per heavy atom. The third-order valence-electron chi connectivity index (χ3n) is 5.06. The van der Waals surface area contributed by atoms with Gasteiger partial charge < -0.3 is 20.3 Å². The quantitative estimate of drug-likeness (QED) is 0.530. The second-order valence-electron chi connectivity index (χ2n) is 6.90. The van der Waals surface area contributed by atoms with Gasteiger partial charge in [0.1, 0.15) is 0 Å². The van der Waals surface area contributed by atoms with Crippen molar-refractivity contribution < 1.29 is 4.74 Å². The molecule has 0 radical (unpaired) electrons. The number of nitrogens with one attached hydrogen (secondary N) is 2. The normalized spacial score (nSPS) is 18.3. The van der Waals surface area contributed by atoms with E-state index in [-0.39, 0.29) is 0 Å². The molecule has 24 heavy (non-hydrogen) atoms. The van der Waals surface area contributed by atoms with E-state index in [9.17, 15) is 0 Å². The maximum atomic E-state index is 5.28. The van der Waals surface area contributed by atoms with Crippen LogP contribution in [0.4, 0.5) is 0 Å². The standard InChI is InChI=1S/C18H32N4OS/c1-19-17(21-14-18(8-6-9-18)10-11-23-4)20-13-15(22(2)3)16-7-5-12-24-16/h5,7,12,15H,6,8-11,13-14H2,1-4H3,(H2,19,20,21). The van der Waals surface area contributed by atoms with Gasteiger partial charge in [-0.25, -0.2) is 0 Å². The lowest BCUT2D eigenvalue weighted by Crippen LogP contribution is -2.48. The number of aliphatic imine (C=N–C) groups is 1. The van der Waals surface area contributed by atoms with Crippen molar-refractivity contribution in [2.45, 2.75) is 31.7 Å². The molecule has 1 fully saturated rings. The molecular formula is C18H32N4OS. The zero-order valence-corrected chi connectivity index (χ0v) is 16.3.